The Morgan fingerprint density at radius 3 is 2.82 bits per heavy atom. The van der Waals surface area contributed by atoms with Crippen molar-refractivity contribution in [2.45, 2.75) is 44.6 Å². The maximum atomic E-state index is 13.5. The number of thioether (sulfide) groups is 1. The first-order chi connectivity index (χ1) is 16.0. The number of aryl methyl sites for hydroxylation is 1. The van der Waals surface area contributed by atoms with E-state index in [1.165, 1.54) is 31.0 Å². The van der Waals surface area contributed by atoms with Crippen LogP contribution in [0, 0.1) is 11.8 Å². The van der Waals surface area contributed by atoms with Crippen LogP contribution in [0.15, 0.2) is 35.2 Å². The molecule has 2 heterocycles. The number of aromatic nitrogens is 1. The number of hydrogen-bond donors (Lipinski definition) is 1. The molecule has 3 fully saturated rings. The fourth-order valence-electron chi connectivity index (χ4n) is 5.82. The van der Waals surface area contributed by atoms with Crippen molar-refractivity contribution >= 4 is 40.3 Å². The number of carbonyl (C=O) groups excluding carboxylic acids is 1. The quantitative estimate of drug-likeness (QED) is 0.444. The number of benzene rings is 1. The normalized spacial score (nSPS) is 25.6. The number of rotatable bonds is 7. The molecule has 174 valence electrons. The van der Waals surface area contributed by atoms with Gasteiger partial charge in [-0.2, -0.15) is 0 Å². The largest absolute Gasteiger partial charge is 0.497 e. The van der Waals surface area contributed by atoms with Crippen molar-refractivity contribution < 1.29 is 14.6 Å². The summed E-state index contributed by atoms with van der Waals surface area (Å²) in [5.41, 5.74) is 4.22. The second-order valence-corrected chi connectivity index (χ2v) is 11.0. The van der Waals surface area contributed by atoms with Crippen LogP contribution in [-0.2, 0) is 18.3 Å². The van der Waals surface area contributed by atoms with Crippen LogP contribution in [0.3, 0.4) is 0 Å². The molecule has 5 rings (SSSR count). The Kier molecular flexibility index (Phi) is 6.38. The standard InChI is InChI=1S/C26H30N2O3S2/c1-27-21(17-5-3-7-20(13-17)31-2)14-18(6-4-10-29)22(27)15-24-25(30)28(26(32)33-24)23-12-16-8-9-19(23)11-16/h3,5,7,13-16,19,23,29H,4,6,8-12H2,1-2H3/b24-15-. The number of amides is 1. The highest BCUT2D eigenvalue weighted by molar-refractivity contribution is 8.26. The molecule has 3 unspecified atom stereocenters. The molecule has 2 bridgehead atoms. The molecule has 1 saturated heterocycles. The lowest BCUT2D eigenvalue weighted by molar-refractivity contribution is -0.124. The Morgan fingerprint density at radius 1 is 1.27 bits per heavy atom. The van der Waals surface area contributed by atoms with Crippen molar-refractivity contribution in [3.63, 3.8) is 0 Å². The lowest BCUT2D eigenvalue weighted by Crippen LogP contribution is -2.41. The third-order valence-corrected chi connectivity index (χ3v) is 8.79. The predicted molar refractivity (Wildman–Crippen MR) is 137 cm³/mol. The van der Waals surface area contributed by atoms with E-state index in [9.17, 15) is 9.90 Å². The van der Waals surface area contributed by atoms with Crippen molar-refractivity contribution in [3.05, 3.63) is 46.5 Å². The zero-order valence-electron chi connectivity index (χ0n) is 19.1. The molecule has 2 aliphatic carbocycles. The third kappa shape index (κ3) is 4.15. The Labute approximate surface area is 204 Å². The molecular weight excluding hydrogens is 452 g/mol. The molecule has 0 spiro atoms. The summed E-state index contributed by atoms with van der Waals surface area (Å²) in [5.74, 6) is 2.22. The molecule has 1 aliphatic heterocycles. The summed E-state index contributed by atoms with van der Waals surface area (Å²) in [7, 11) is 3.69. The highest BCUT2D eigenvalue weighted by Gasteiger charge is 2.48. The third-order valence-electron chi connectivity index (χ3n) is 7.46. The Morgan fingerprint density at radius 2 is 2.12 bits per heavy atom. The molecule has 2 saturated carbocycles. The van der Waals surface area contributed by atoms with Crippen LogP contribution >= 0.6 is 24.0 Å². The smallest absolute Gasteiger partial charge is 0.266 e. The zero-order valence-corrected chi connectivity index (χ0v) is 20.8. The van der Waals surface area contributed by atoms with Gasteiger partial charge >= 0.3 is 0 Å². The van der Waals surface area contributed by atoms with Crippen LogP contribution in [0.4, 0.5) is 0 Å². The van der Waals surface area contributed by atoms with Gasteiger partial charge in [-0.25, -0.2) is 0 Å². The summed E-state index contributed by atoms with van der Waals surface area (Å²) in [6, 6.07) is 10.4. The minimum Gasteiger partial charge on any atom is -0.497 e. The number of thiocarbonyl (C=S) groups is 1. The van der Waals surface area contributed by atoms with Gasteiger partial charge in [0.15, 0.2) is 0 Å². The van der Waals surface area contributed by atoms with Gasteiger partial charge in [-0.1, -0.05) is 42.5 Å². The van der Waals surface area contributed by atoms with Gasteiger partial charge in [-0.15, -0.1) is 0 Å². The van der Waals surface area contributed by atoms with E-state index in [1.54, 1.807) is 7.11 Å². The van der Waals surface area contributed by atoms with E-state index in [1.807, 2.05) is 36.2 Å². The van der Waals surface area contributed by atoms with E-state index in [4.69, 9.17) is 17.0 Å². The van der Waals surface area contributed by atoms with Crippen LogP contribution in [0.1, 0.15) is 43.4 Å². The van der Waals surface area contributed by atoms with Crippen molar-refractivity contribution in [2.24, 2.45) is 18.9 Å². The van der Waals surface area contributed by atoms with E-state index >= 15 is 0 Å². The lowest BCUT2D eigenvalue weighted by Gasteiger charge is -2.30. The van der Waals surface area contributed by atoms with Crippen LogP contribution in [0.5, 0.6) is 5.75 Å². The van der Waals surface area contributed by atoms with E-state index < -0.39 is 0 Å². The van der Waals surface area contributed by atoms with Gasteiger partial charge in [0.25, 0.3) is 5.91 Å². The van der Waals surface area contributed by atoms with Gasteiger partial charge < -0.3 is 14.4 Å². The molecule has 1 amide bonds. The minimum absolute atomic E-state index is 0.0554. The fraction of sp³-hybridized carbons (Fsp3) is 0.462. The number of methoxy groups -OCH3 is 1. The Balaban J connectivity index is 1.49. The molecule has 3 aliphatic rings. The van der Waals surface area contributed by atoms with Crippen molar-refractivity contribution in [1.29, 1.82) is 0 Å². The molecule has 2 aromatic rings. The second-order valence-electron chi connectivity index (χ2n) is 9.35. The van der Waals surface area contributed by atoms with Crippen LogP contribution in [-0.4, -0.2) is 44.6 Å². The van der Waals surface area contributed by atoms with Crippen molar-refractivity contribution in [2.75, 3.05) is 13.7 Å². The van der Waals surface area contributed by atoms with Gasteiger partial charge in [0.2, 0.25) is 0 Å². The molecule has 3 atom stereocenters. The van der Waals surface area contributed by atoms with E-state index in [-0.39, 0.29) is 18.6 Å². The average molecular weight is 483 g/mol. The van der Waals surface area contributed by atoms with Gasteiger partial charge in [-0.05, 0) is 73.8 Å². The predicted octanol–water partition coefficient (Wildman–Crippen LogP) is 5.02. The molecule has 5 nitrogen and oxygen atoms in total. The lowest BCUT2D eigenvalue weighted by atomic mass is 9.94. The summed E-state index contributed by atoms with van der Waals surface area (Å²) in [4.78, 5) is 16.1. The highest BCUT2D eigenvalue weighted by atomic mass is 32.2. The molecule has 0 radical (unpaired) electrons. The van der Waals surface area contributed by atoms with Gasteiger partial charge in [-0.3, -0.25) is 9.69 Å². The number of fused-ring (bicyclic) bond motifs is 2. The minimum atomic E-state index is 0.0554. The SMILES string of the molecule is COc1cccc(-c2cc(CCCO)c(/C=C3\SC(=S)N(C4CC5CCC4C5)C3=O)n2C)c1. The maximum absolute atomic E-state index is 13.5. The number of ether oxygens (including phenoxy) is 1. The van der Waals surface area contributed by atoms with E-state index in [0.29, 0.717) is 21.6 Å². The van der Waals surface area contributed by atoms with Crippen molar-refractivity contribution in [3.8, 4) is 17.0 Å². The molecule has 1 aromatic carbocycles. The summed E-state index contributed by atoms with van der Waals surface area (Å²) in [6.45, 7) is 0.134. The molecular formula is C26H30N2O3S2. The maximum Gasteiger partial charge on any atom is 0.266 e. The zero-order chi connectivity index (χ0) is 23.1. The van der Waals surface area contributed by atoms with Crippen LogP contribution in [0.2, 0.25) is 0 Å². The number of nitrogens with zero attached hydrogens (tertiary/aromatic N) is 2. The second kappa shape index (κ2) is 9.28. The van der Waals surface area contributed by atoms with E-state index in [2.05, 4.69) is 16.7 Å². The van der Waals surface area contributed by atoms with Crippen LogP contribution in [0.25, 0.3) is 17.3 Å². The summed E-state index contributed by atoms with van der Waals surface area (Å²) >= 11 is 7.11. The first kappa shape index (κ1) is 22.7. The number of hydrogen-bond acceptors (Lipinski definition) is 5. The Bertz CT molecular complexity index is 1120. The molecule has 1 N–H and O–H groups in total. The topological polar surface area (TPSA) is 54.7 Å². The number of aliphatic hydroxyl groups is 1. The van der Waals surface area contributed by atoms with E-state index in [0.717, 1.165) is 47.0 Å². The first-order valence-corrected chi connectivity index (χ1v) is 12.9. The summed E-state index contributed by atoms with van der Waals surface area (Å²) < 4.78 is 8.24. The van der Waals surface area contributed by atoms with Crippen LogP contribution < -0.4 is 4.74 Å². The van der Waals surface area contributed by atoms with Gasteiger partial charge in [0.1, 0.15) is 10.1 Å². The number of aliphatic hydroxyl groups excluding tert-OH is 1. The molecule has 7 heteroatoms. The van der Waals surface area contributed by atoms with Crippen molar-refractivity contribution in [1.82, 2.24) is 9.47 Å². The summed E-state index contributed by atoms with van der Waals surface area (Å²) in [6.07, 6.45) is 8.28. The van der Waals surface area contributed by atoms with Gasteiger partial charge in [0.05, 0.1) is 12.0 Å². The fourth-order valence-corrected chi connectivity index (χ4v) is 7.17. The Hall–Kier alpha value is -2.09. The number of carbonyl (C=O) groups is 1. The van der Waals surface area contributed by atoms with Gasteiger partial charge in [0, 0.05) is 36.6 Å². The molecule has 1 aromatic heterocycles. The average Bonchev–Trinajstić information content (AvgIpc) is 3.58. The summed E-state index contributed by atoms with van der Waals surface area (Å²) in [5, 5.41) is 9.43. The first-order valence-electron chi connectivity index (χ1n) is 11.7. The molecule has 33 heavy (non-hydrogen) atoms. The highest BCUT2D eigenvalue weighted by Crippen LogP contribution is 2.49. The monoisotopic (exact) mass is 482 g/mol.